The molecule has 1 amide bonds. The van der Waals surface area contributed by atoms with Gasteiger partial charge >= 0.3 is 0 Å². The molecule has 17 heavy (non-hydrogen) atoms. The van der Waals surface area contributed by atoms with Crippen molar-refractivity contribution in [2.45, 2.75) is 13.3 Å². The molecule has 0 saturated heterocycles. The molecule has 2 N–H and O–H groups in total. The van der Waals surface area contributed by atoms with Crippen LogP contribution in [-0.2, 0) is 0 Å². The summed E-state index contributed by atoms with van der Waals surface area (Å²) in [5.41, 5.74) is 3.86. The Labute approximate surface area is 101 Å². The molecule has 0 unspecified atom stereocenters. The van der Waals surface area contributed by atoms with Gasteiger partial charge in [0.15, 0.2) is 0 Å². The molecule has 0 bridgehead atoms. The summed E-state index contributed by atoms with van der Waals surface area (Å²) < 4.78 is 0. The number of hydrogen-bond acceptors (Lipinski definition) is 3. The average Bonchev–Trinajstić information content (AvgIpc) is 2.38. The predicted molar refractivity (Wildman–Crippen MR) is 67.8 cm³/mol. The van der Waals surface area contributed by atoms with Crippen LogP contribution in [0.1, 0.15) is 28.2 Å². The van der Waals surface area contributed by atoms with Crippen LogP contribution in [0.2, 0.25) is 0 Å². The van der Waals surface area contributed by atoms with Crippen molar-refractivity contribution in [1.82, 2.24) is 15.6 Å². The van der Waals surface area contributed by atoms with Crippen molar-refractivity contribution in [3.63, 3.8) is 0 Å². The Balaban J connectivity index is 2.31. The van der Waals surface area contributed by atoms with Crippen LogP contribution in [0, 0.1) is 6.92 Å². The lowest BCUT2D eigenvalue weighted by Crippen LogP contribution is -2.21. The van der Waals surface area contributed by atoms with E-state index in [4.69, 9.17) is 0 Å². The average molecular weight is 231 g/mol. The maximum Gasteiger partial charge on any atom is 0.269 e. The zero-order chi connectivity index (χ0) is 12.3. The first-order valence-electron chi connectivity index (χ1n) is 5.82. The van der Waals surface area contributed by atoms with Crippen molar-refractivity contribution in [2.75, 3.05) is 20.1 Å². The quantitative estimate of drug-likeness (QED) is 0.802. The zero-order valence-electron chi connectivity index (χ0n) is 10.2. The minimum atomic E-state index is -0.140. The zero-order valence-corrected chi connectivity index (χ0v) is 10.2. The molecule has 0 saturated carbocycles. The summed E-state index contributed by atoms with van der Waals surface area (Å²) >= 11 is 0. The standard InChI is InChI=1S/C13H17N3O/c1-9-11(10-5-7-15-8-6-10)3-4-12(16-9)13(17)14-2/h3-5,15H,6-8H2,1-2H3,(H,14,17). The molecule has 4 nitrogen and oxygen atoms in total. The highest BCUT2D eigenvalue weighted by atomic mass is 16.1. The van der Waals surface area contributed by atoms with Gasteiger partial charge in [-0.25, -0.2) is 4.98 Å². The first-order valence-corrected chi connectivity index (χ1v) is 5.82. The number of nitrogens with one attached hydrogen (secondary N) is 2. The SMILES string of the molecule is CNC(=O)c1ccc(C2=CCNCC2)c(C)n1. The van der Waals surface area contributed by atoms with Crippen LogP contribution >= 0.6 is 0 Å². The molecule has 1 aromatic heterocycles. The second-order valence-electron chi connectivity index (χ2n) is 4.09. The van der Waals surface area contributed by atoms with Gasteiger partial charge in [-0.3, -0.25) is 4.79 Å². The summed E-state index contributed by atoms with van der Waals surface area (Å²) in [4.78, 5) is 15.8. The van der Waals surface area contributed by atoms with Crippen LogP contribution < -0.4 is 10.6 Å². The monoisotopic (exact) mass is 231 g/mol. The fraction of sp³-hybridized carbons (Fsp3) is 0.385. The van der Waals surface area contributed by atoms with Crippen molar-refractivity contribution in [3.05, 3.63) is 35.2 Å². The molecule has 1 aliphatic heterocycles. The number of carbonyl (C=O) groups is 1. The number of amides is 1. The lowest BCUT2D eigenvalue weighted by Gasteiger charge is -2.16. The van der Waals surface area contributed by atoms with E-state index in [1.165, 1.54) is 5.57 Å². The van der Waals surface area contributed by atoms with E-state index in [9.17, 15) is 4.79 Å². The van der Waals surface area contributed by atoms with Crippen molar-refractivity contribution in [2.24, 2.45) is 0 Å². The van der Waals surface area contributed by atoms with E-state index >= 15 is 0 Å². The molecule has 0 spiro atoms. The van der Waals surface area contributed by atoms with Crippen LogP contribution in [0.3, 0.4) is 0 Å². The van der Waals surface area contributed by atoms with E-state index in [0.29, 0.717) is 5.69 Å². The minimum Gasteiger partial charge on any atom is -0.354 e. The number of carbonyl (C=O) groups excluding carboxylic acids is 1. The lowest BCUT2D eigenvalue weighted by atomic mass is 9.99. The van der Waals surface area contributed by atoms with E-state index in [1.54, 1.807) is 13.1 Å². The minimum absolute atomic E-state index is 0.140. The maximum absolute atomic E-state index is 11.5. The van der Waals surface area contributed by atoms with Gasteiger partial charge in [-0.1, -0.05) is 12.1 Å². The molecule has 0 fully saturated rings. The molecule has 0 aliphatic carbocycles. The van der Waals surface area contributed by atoms with Crippen LogP contribution in [0.5, 0.6) is 0 Å². The van der Waals surface area contributed by atoms with Crippen LogP contribution in [-0.4, -0.2) is 31.0 Å². The molecule has 1 aromatic rings. The fourth-order valence-electron chi connectivity index (χ4n) is 2.02. The summed E-state index contributed by atoms with van der Waals surface area (Å²) in [5, 5.41) is 5.86. The van der Waals surface area contributed by atoms with Crippen molar-refractivity contribution in [1.29, 1.82) is 0 Å². The molecule has 90 valence electrons. The van der Waals surface area contributed by atoms with E-state index in [0.717, 1.165) is 30.8 Å². The van der Waals surface area contributed by atoms with Gasteiger partial charge in [-0.15, -0.1) is 0 Å². The highest BCUT2D eigenvalue weighted by molar-refractivity contribution is 5.92. The Morgan fingerprint density at radius 1 is 1.47 bits per heavy atom. The van der Waals surface area contributed by atoms with Gasteiger partial charge in [-0.2, -0.15) is 0 Å². The Hall–Kier alpha value is -1.68. The van der Waals surface area contributed by atoms with E-state index in [1.807, 2.05) is 13.0 Å². The summed E-state index contributed by atoms with van der Waals surface area (Å²) in [5.74, 6) is -0.140. The molecule has 0 radical (unpaired) electrons. The molecule has 4 heteroatoms. The van der Waals surface area contributed by atoms with Crippen molar-refractivity contribution in [3.8, 4) is 0 Å². The Morgan fingerprint density at radius 2 is 2.29 bits per heavy atom. The molecule has 2 heterocycles. The van der Waals surface area contributed by atoms with Gasteiger partial charge in [0.25, 0.3) is 5.91 Å². The second-order valence-corrected chi connectivity index (χ2v) is 4.09. The van der Waals surface area contributed by atoms with Crippen molar-refractivity contribution >= 4 is 11.5 Å². The third kappa shape index (κ3) is 2.53. The van der Waals surface area contributed by atoms with Crippen molar-refractivity contribution < 1.29 is 4.79 Å². The Bertz CT molecular complexity index is 466. The van der Waals surface area contributed by atoms with Gasteiger partial charge in [0.05, 0.1) is 0 Å². The highest BCUT2D eigenvalue weighted by Gasteiger charge is 2.11. The van der Waals surface area contributed by atoms with Gasteiger partial charge in [-0.05, 0) is 37.1 Å². The number of nitrogens with zero attached hydrogens (tertiary/aromatic N) is 1. The molecule has 0 atom stereocenters. The lowest BCUT2D eigenvalue weighted by molar-refractivity contribution is 0.0958. The third-order valence-electron chi connectivity index (χ3n) is 2.96. The first-order chi connectivity index (χ1) is 8.22. The second kappa shape index (κ2) is 5.10. The first kappa shape index (κ1) is 11.8. The van der Waals surface area contributed by atoms with Gasteiger partial charge in [0, 0.05) is 19.3 Å². The summed E-state index contributed by atoms with van der Waals surface area (Å²) in [6.07, 6.45) is 3.20. The summed E-state index contributed by atoms with van der Waals surface area (Å²) in [7, 11) is 1.61. The maximum atomic E-state index is 11.5. The molecular formula is C13H17N3O. The number of aromatic nitrogens is 1. The Kier molecular flexibility index (Phi) is 3.54. The summed E-state index contributed by atoms with van der Waals surface area (Å²) in [6, 6.07) is 3.77. The van der Waals surface area contributed by atoms with E-state index < -0.39 is 0 Å². The number of rotatable bonds is 2. The topological polar surface area (TPSA) is 54.0 Å². The van der Waals surface area contributed by atoms with Crippen LogP contribution in [0.15, 0.2) is 18.2 Å². The fourth-order valence-corrected chi connectivity index (χ4v) is 2.02. The van der Waals surface area contributed by atoms with Crippen LogP contribution in [0.4, 0.5) is 0 Å². The normalized spacial score (nSPS) is 15.3. The smallest absolute Gasteiger partial charge is 0.269 e. The molecule has 2 rings (SSSR count). The third-order valence-corrected chi connectivity index (χ3v) is 2.96. The van der Waals surface area contributed by atoms with E-state index in [2.05, 4.69) is 21.7 Å². The molecular weight excluding hydrogens is 214 g/mol. The number of aryl methyl sites for hydroxylation is 1. The van der Waals surface area contributed by atoms with Gasteiger partial charge in [0.2, 0.25) is 0 Å². The Morgan fingerprint density at radius 3 is 2.88 bits per heavy atom. The molecule has 0 aromatic carbocycles. The van der Waals surface area contributed by atoms with Gasteiger partial charge in [0.1, 0.15) is 5.69 Å². The highest BCUT2D eigenvalue weighted by Crippen LogP contribution is 2.22. The summed E-state index contributed by atoms with van der Waals surface area (Å²) in [6.45, 7) is 3.86. The largest absolute Gasteiger partial charge is 0.354 e. The number of pyridine rings is 1. The van der Waals surface area contributed by atoms with Crippen LogP contribution in [0.25, 0.3) is 5.57 Å². The van der Waals surface area contributed by atoms with Gasteiger partial charge < -0.3 is 10.6 Å². The predicted octanol–water partition coefficient (Wildman–Crippen LogP) is 1.13. The number of hydrogen-bond donors (Lipinski definition) is 2. The molecule has 1 aliphatic rings. The van der Waals surface area contributed by atoms with E-state index in [-0.39, 0.29) is 5.91 Å².